The topological polar surface area (TPSA) is 32.7 Å². The summed E-state index contributed by atoms with van der Waals surface area (Å²) in [6, 6.07) is 11.2. The van der Waals surface area contributed by atoms with Gasteiger partial charge >= 0.3 is 0 Å². The number of aryl methyl sites for hydroxylation is 1. The molecule has 0 unspecified atom stereocenters. The van der Waals surface area contributed by atoms with Crippen molar-refractivity contribution in [1.82, 2.24) is 4.90 Å². The molecule has 2 aromatic carbocycles. The van der Waals surface area contributed by atoms with E-state index in [0.717, 1.165) is 17.7 Å². The summed E-state index contributed by atoms with van der Waals surface area (Å²) in [7, 11) is 0. The van der Waals surface area contributed by atoms with Crippen LogP contribution in [0.3, 0.4) is 0 Å². The Labute approximate surface area is 149 Å². The van der Waals surface area contributed by atoms with E-state index in [1.807, 2.05) is 19.1 Å². The zero-order valence-corrected chi connectivity index (χ0v) is 14.7. The molecule has 1 amide bonds. The molecule has 0 spiro atoms. The molecule has 0 atom stereocenters. The zero-order valence-electron chi connectivity index (χ0n) is 13.1. The predicted molar refractivity (Wildman–Crippen MR) is 97.8 cm³/mol. The average Bonchev–Trinajstić information content (AvgIpc) is 2.59. The fourth-order valence-electron chi connectivity index (χ4n) is 2.35. The summed E-state index contributed by atoms with van der Waals surface area (Å²) >= 11 is 7.69. The summed E-state index contributed by atoms with van der Waals surface area (Å²) in [5.74, 6) is 0.382. The van der Waals surface area contributed by atoms with Gasteiger partial charge in [-0.2, -0.15) is 0 Å². The first-order chi connectivity index (χ1) is 11.5. The maximum Gasteiger partial charge on any atom is 0.259 e. The van der Waals surface area contributed by atoms with E-state index in [1.54, 1.807) is 22.7 Å². The molecule has 1 aliphatic heterocycles. The van der Waals surface area contributed by atoms with Gasteiger partial charge < -0.3 is 0 Å². The molecule has 3 rings (SSSR count). The van der Waals surface area contributed by atoms with Gasteiger partial charge in [-0.05, 0) is 55.3 Å². The number of thioether (sulfide) groups is 1. The smallest absolute Gasteiger partial charge is 0.259 e. The van der Waals surface area contributed by atoms with Crippen molar-refractivity contribution < 1.29 is 9.18 Å². The van der Waals surface area contributed by atoms with Gasteiger partial charge in [0.05, 0.1) is 5.69 Å². The lowest BCUT2D eigenvalue weighted by atomic mass is 10.2. The van der Waals surface area contributed by atoms with Crippen LogP contribution in [0.1, 0.15) is 22.3 Å². The van der Waals surface area contributed by atoms with Crippen LogP contribution in [-0.4, -0.2) is 28.3 Å². The number of benzene rings is 2. The van der Waals surface area contributed by atoms with Crippen molar-refractivity contribution in [3.8, 4) is 0 Å². The second-order valence-corrected chi connectivity index (χ2v) is 6.96. The standard InChI is InChI=1S/C18H16ClFN2OS/c1-12-3-8-15(11-16(12)19)21-18-22(9-2-10-24-18)17(23)13-4-6-14(20)7-5-13/h3-8,11H,2,9-10H2,1H3. The first-order valence-electron chi connectivity index (χ1n) is 7.59. The van der Waals surface area contributed by atoms with Crippen LogP contribution in [0.25, 0.3) is 0 Å². The van der Waals surface area contributed by atoms with Gasteiger partial charge in [-0.1, -0.05) is 29.4 Å². The van der Waals surface area contributed by atoms with E-state index in [4.69, 9.17) is 11.6 Å². The number of carbonyl (C=O) groups excluding carboxylic acids is 1. The third-order valence-electron chi connectivity index (χ3n) is 3.70. The Kier molecular flexibility index (Phi) is 5.21. The van der Waals surface area contributed by atoms with Crippen LogP contribution in [0.4, 0.5) is 10.1 Å². The Bertz CT molecular complexity index is 792. The minimum absolute atomic E-state index is 0.167. The van der Waals surface area contributed by atoms with Gasteiger partial charge in [0.1, 0.15) is 5.82 Å². The number of amidine groups is 1. The zero-order chi connectivity index (χ0) is 17.1. The van der Waals surface area contributed by atoms with Crippen molar-refractivity contribution in [3.63, 3.8) is 0 Å². The number of amides is 1. The van der Waals surface area contributed by atoms with Gasteiger partial charge in [0.2, 0.25) is 0 Å². The fraction of sp³-hybridized carbons (Fsp3) is 0.222. The lowest BCUT2D eigenvalue weighted by Gasteiger charge is -2.27. The first-order valence-corrected chi connectivity index (χ1v) is 8.96. The molecule has 0 N–H and O–H groups in total. The highest BCUT2D eigenvalue weighted by Crippen LogP contribution is 2.27. The minimum Gasteiger partial charge on any atom is -0.287 e. The average molecular weight is 363 g/mol. The summed E-state index contributed by atoms with van der Waals surface area (Å²) in [5, 5.41) is 1.30. The van der Waals surface area contributed by atoms with Crippen LogP contribution >= 0.6 is 23.4 Å². The number of carbonyl (C=O) groups is 1. The molecule has 6 heteroatoms. The van der Waals surface area contributed by atoms with Crippen LogP contribution in [0.15, 0.2) is 47.5 Å². The Morgan fingerprint density at radius 2 is 2.00 bits per heavy atom. The quantitative estimate of drug-likeness (QED) is 0.748. The maximum atomic E-state index is 13.1. The molecule has 1 fully saturated rings. The van der Waals surface area contributed by atoms with Gasteiger partial charge in [0.25, 0.3) is 5.91 Å². The number of nitrogens with zero attached hydrogens (tertiary/aromatic N) is 2. The summed E-state index contributed by atoms with van der Waals surface area (Å²) in [5.41, 5.74) is 2.15. The van der Waals surface area contributed by atoms with E-state index in [9.17, 15) is 9.18 Å². The van der Waals surface area contributed by atoms with Crippen LogP contribution in [-0.2, 0) is 0 Å². The molecule has 24 heavy (non-hydrogen) atoms. The van der Waals surface area contributed by atoms with E-state index < -0.39 is 0 Å². The summed E-state index contributed by atoms with van der Waals surface area (Å²) < 4.78 is 13.1. The van der Waals surface area contributed by atoms with Crippen LogP contribution in [0.5, 0.6) is 0 Å². The van der Waals surface area contributed by atoms with Gasteiger partial charge in [0.15, 0.2) is 5.17 Å². The van der Waals surface area contributed by atoms with Crippen molar-refractivity contribution in [2.24, 2.45) is 4.99 Å². The number of rotatable bonds is 2. The lowest BCUT2D eigenvalue weighted by molar-refractivity contribution is 0.0849. The molecule has 0 radical (unpaired) electrons. The largest absolute Gasteiger partial charge is 0.287 e. The molecule has 1 saturated heterocycles. The highest BCUT2D eigenvalue weighted by molar-refractivity contribution is 8.13. The second-order valence-electron chi connectivity index (χ2n) is 5.49. The summed E-state index contributed by atoms with van der Waals surface area (Å²) in [6.07, 6.45) is 0.894. The van der Waals surface area contributed by atoms with E-state index >= 15 is 0 Å². The number of aliphatic imine (C=N–C) groups is 1. The van der Waals surface area contributed by atoms with E-state index in [2.05, 4.69) is 4.99 Å². The molecule has 0 aromatic heterocycles. The number of hydrogen-bond acceptors (Lipinski definition) is 3. The molecule has 124 valence electrons. The van der Waals surface area contributed by atoms with Crippen LogP contribution < -0.4 is 0 Å². The highest BCUT2D eigenvalue weighted by Gasteiger charge is 2.24. The normalized spacial score (nSPS) is 16.5. The Morgan fingerprint density at radius 3 is 2.71 bits per heavy atom. The van der Waals surface area contributed by atoms with Crippen molar-refractivity contribution in [3.05, 3.63) is 64.4 Å². The number of hydrogen-bond donors (Lipinski definition) is 0. The van der Waals surface area contributed by atoms with Crippen molar-refractivity contribution in [2.45, 2.75) is 13.3 Å². The monoisotopic (exact) mass is 362 g/mol. The SMILES string of the molecule is Cc1ccc(N=C2SCCCN2C(=O)c2ccc(F)cc2)cc1Cl. The van der Waals surface area contributed by atoms with Gasteiger partial charge in [-0.25, -0.2) is 9.38 Å². The van der Waals surface area contributed by atoms with Gasteiger partial charge in [-0.15, -0.1) is 0 Å². The van der Waals surface area contributed by atoms with E-state index in [-0.39, 0.29) is 11.7 Å². The van der Waals surface area contributed by atoms with E-state index in [1.165, 1.54) is 24.3 Å². The molecule has 0 aliphatic carbocycles. The van der Waals surface area contributed by atoms with E-state index in [0.29, 0.717) is 28.0 Å². The molecular weight excluding hydrogens is 347 g/mol. The maximum absolute atomic E-state index is 13.1. The Balaban J connectivity index is 1.90. The van der Waals surface area contributed by atoms with Crippen molar-refractivity contribution >= 4 is 40.1 Å². The van der Waals surface area contributed by atoms with Gasteiger partial charge in [-0.3, -0.25) is 9.69 Å². The van der Waals surface area contributed by atoms with Crippen LogP contribution in [0.2, 0.25) is 5.02 Å². The van der Waals surface area contributed by atoms with Crippen LogP contribution in [0, 0.1) is 12.7 Å². The molecule has 0 bridgehead atoms. The fourth-order valence-corrected chi connectivity index (χ4v) is 3.48. The molecule has 1 heterocycles. The third kappa shape index (κ3) is 3.79. The second kappa shape index (κ2) is 7.36. The molecule has 1 aliphatic rings. The van der Waals surface area contributed by atoms with Crippen molar-refractivity contribution in [1.29, 1.82) is 0 Å². The summed E-state index contributed by atoms with van der Waals surface area (Å²) in [6.45, 7) is 2.53. The number of halogens is 2. The molecule has 3 nitrogen and oxygen atoms in total. The molecule has 2 aromatic rings. The summed E-state index contributed by atoms with van der Waals surface area (Å²) in [4.78, 5) is 19.0. The lowest BCUT2D eigenvalue weighted by Crippen LogP contribution is -2.39. The first kappa shape index (κ1) is 17.0. The van der Waals surface area contributed by atoms with Crippen molar-refractivity contribution in [2.75, 3.05) is 12.3 Å². The predicted octanol–water partition coefficient (Wildman–Crippen LogP) is 5.05. The highest BCUT2D eigenvalue weighted by atomic mass is 35.5. The minimum atomic E-state index is -0.359. The third-order valence-corrected chi connectivity index (χ3v) is 5.17. The van der Waals surface area contributed by atoms with Gasteiger partial charge in [0, 0.05) is 22.9 Å². The molecule has 0 saturated carbocycles. The Hall–Kier alpha value is -1.85. The Morgan fingerprint density at radius 1 is 1.25 bits per heavy atom. The molecular formula is C18H16ClFN2OS.